The van der Waals surface area contributed by atoms with Crippen molar-refractivity contribution >= 4 is 41.5 Å². The van der Waals surface area contributed by atoms with E-state index in [4.69, 9.17) is 22.4 Å². The molecule has 0 aromatic carbocycles. The fraction of sp³-hybridized carbons (Fsp3) is 0.800. The summed E-state index contributed by atoms with van der Waals surface area (Å²) in [4.78, 5) is 0.513. The molecule has 0 spiro atoms. The van der Waals surface area contributed by atoms with Crippen LogP contribution < -0.4 is 5.73 Å². The van der Waals surface area contributed by atoms with Gasteiger partial charge in [0.05, 0.1) is 11.1 Å². The molecule has 118 valence electrons. The maximum absolute atomic E-state index is 6.71. The third kappa shape index (κ3) is 5.58. The molecule has 0 saturated heterocycles. The summed E-state index contributed by atoms with van der Waals surface area (Å²) in [5.74, 6) is 0. The van der Waals surface area contributed by atoms with Gasteiger partial charge in [-0.25, -0.2) is 0 Å². The zero-order valence-electron chi connectivity index (χ0n) is 13.9. The molecular formula is C15H30BrNOSSi. The summed E-state index contributed by atoms with van der Waals surface area (Å²) in [5.41, 5.74) is 7.41. The molecule has 0 aliphatic heterocycles. The number of nitrogens with two attached hydrogens (primary N) is 1. The van der Waals surface area contributed by atoms with Crippen LogP contribution in [0.3, 0.4) is 0 Å². The second kappa shape index (κ2) is 8.66. The zero-order valence-corrected chi connectivity index (χ0v) is 17.3. The van der Waals surface area contributed by atoms with Crippen LogP contribution in [0.1, 0.15) is 54.9 Å². The lowest BCUT2D eigenvalue weighted by atomic mass is 10.2. The molecule has 0 fully saturated rings. The summed E-state index contributed by atoms with van der Waals surface area (Å²) < 4.78 is 7.78. The highest BCUT2D eigenvalue weighted by molar-refractivity contribution is 9.11. The number of allylic oxidation sites excluding steroid dienone is 1. The first-order valence-electron chi connectivity index (χ1n) is 7.34. The molecule has 20 heavy (non-hydrogen) atoms. The first-order chi connectivity index (χ1) is 9.03. The molecule has 0 amide bonds. The summed E-state index contributed by atoms with van der Waals surface area (Å²) in [6.45, 7) is 15.7. The molecule has 5 heteroatoms. The molecule has 2 nitrogen and oxygen atoms in total. The van der Waals surface area contributed by atoms with Gasteiger partial charge in [0, 0.05) is 6.42 Å². The molecule has 0 rings (SSSR count). The third-order valence-corrected chi connectivity index (χ3v) is 10.4. The summed E-state index contributed by atoms with van der Waals surface area (Å²) >= 11 is 8.58. The van der Waals surface area contributed by atoms with Gasteiger partial charge >= 0.3 is 0 Å². The van der Waals surface area contributed by atoms with Crippen molar-refractivity contribution in [1.29, 1.82) is 0 Å². The van der Waals surface area contributed by atoms with E-state index >= 15 is 0 Å². The smallest absolute Gasteiger partial charge is 0.201 e. The maximum Gasteiger partial charge on any atom is 0.201 e. The highest BCUT2D eigenvalue weighted by Crippen LogP contribution is 2.43. The van der Waals surface area contributed by atoms with Crippen molar-refractivity contribution < 1.29 is 4.43 Å². The predicted molar refractivity (Wildman–Crippen MR) is 100 cm³/mol. The molecule has 0 radical (unpaired) electrons. The number of hydrogen-bond acceptors (Lipinski definition) is 2. The van der Waals surface area contributed by atoms with E-state index in [-0.39, 0.29) is 6.10 Å². The van der Waals surface area contributed by atoms with Gasteiger partial charge in [-0.3, -0.25) is 0 Å². The lowest BCUT2D eigenvalue weighted by molar-refractivity contribution is 0.223. The van der Waals surface area contributed by atoms with E-state index in [1.54, 1.807) is 0 Å². The lowest BCUT2D eigenvalue weighted by Gasteiger charge is -2.44. The van der Waals surface area contributed by atoms with Gasteiger partial charge < -0.3 is 10.2 Å². The molecule has 0 aliphatic rings. The zero-order chi connectivity index (χ0) is 16.1. The molecule has 0 saturated carbocycles. The molecule has 0 bridgehead atoms. The Kier molecular flexibility index (Phi) is 8.79. The Morgan fingerprint density at radius 1 is 1.15 bits per heavy atom. The van der Waals surface area contributed by atoms with Crippen LogP contribution in [0.2, 0.25) is 16.6 Å². The summed E-state index contributed by atoms with van der Waals surface area (Å²) in [5, 5.41) is 0. The van der Waals surface area contributed by atoms with Gasteiger partial charge in [0.1, 0.15) is 0 Å². The van der Waals surface area contributed by atoms with Gasteiger partial charge in [-0.05, 0) is 34.1 Å². The van der Waals surface area contributed by atoms with Crippen LogP contribution >= 0.6 is 28.1 Å². The quantitative estimate of drug-likeness (QED) is 0.445. The van der Waals surface area contributed by atoms with E-state index in [1.807, 2.05) is 6.92 Å². The Hall–Kier alpha value is 0.287. The lowest BCUT2D eigenvalue weighted by Crippen LogP contribution is -2.50. The highest BCUT2D eigenvalue weighted by atomic mass is 79.9. The summed E-state index contributed by atoms with van der Waals surface area (Å²) in [6, 6.07) is 0. The van der Waals surface area contributed by atoms with Crippen LogP contribution in [0.5, 0.6) is 0 Å². The first-order valence-corrected chi connectivity index (χ1v) is 10.7. The second-order valence-electron chi connectivity index (χ2n) is 6.40. The monoisotopic (exact) mass is 379 g/mol. The first kappa shape index (κ1) is 20.3. The normalized spacial score (nSPS) is 15.2. The minimum absolute atomic E-state index is 0.0225. The van der Waals surface area contributed by atoms with Crippen LogP contribution in [-0.4, -0.2) is 19.4 Å². The van der Waals surface area contributed by atoms with Crippen molar-refractivity contribution in [3.8, 4) is 0 Å². The molecule has 0 aromatic rings. The Balaban J connectivity index is 5.47. The molecule has 0 aliphatic carbocycles. The van der Waals surface area contributed by atoms with Gasteiger partial charge in [0.15, 0.2) is 0 Å². The Bertz CT molecular complexity index is 330. The Morgan fingerprint density at radius 3 is 1.80 bits per heavy atom. The molecule has 2 N–H and O–H groups in total. The molecule has 0 heterocycles. The maximum atomic E-state index is 6.71. The topological polar surface area (TPSA) is 35.2 Å². The van der Waals surface area contributed by atoms with Crippen molar-refractivity contribution in [2.24, 2.45) is 5.73 Å². The van der Waals surface area contributed by atoms with E-state index in [9.17, 15) is 0 Å². The number of rotatable bonds is 8. The Labute approximate surface area is 139 Å². The largest absolute Gasteiger partial charge is 0.409 e. The van der Waals surface area contributed by atoms with E-state index in [1.165, 1.54) is 0 Å². The third-order valence-electron chi connectivity index (χ3n) is 3.88. The molecule has 0 aromatic heterocycles. The van der Waals surface area contributed by atoms with E-state index in [0.717, 1.165) is 4.48 Å². The average molecular weight is 380 g/mol. The standard InChI is InChI=1S/C15H30BrNOSSi/c1-10(2)20(11(3)4,12(5)6)18-14(8-13(7)16)9-15(17)19/h8,10-12,14H,9H2,1-7H3,(H2,17,19)/t14-/m0/s1. The van der Waals surface area contributed by atoms with Crippen LogP contribution in [-0.2, 0) is 4.43 Å². The molecule has 0 unspecified atom stereocenters. The second-order valence-corrected chi connectivity index (χ2v) is 13.6. The van der Waals surface area contributed by atoms with Crippen LogP contribution in [0.4, 0.5) is 0 Å². The van der Waals surface area contributed by atoms with E-state index in [0.29, 0.717) is 28.0 Å². The van der Waals surface area contributed by atoms with Gasteiger partial charge in [-0.1, -0.05) is 69.7 Å². The van der Waals surface area contributed by atoms with Crippen molar-refractivity contribution in [3.63, 3.8) is 0 Å². The van der Waals surface area contributed by atoms with E-state index < -0.39 is 8.32 Å². The fourth-order valence-corrected chi connectivity index (χ4v) is 9.21. The number of hydrogen-bond donors (Lipinski definition) is 1. The minimum Gasteiger partial charge on any atom is -0.409 e. The van der Waals surface area contributed by atoms with Gasteiger partial charge in [0.25, 0.3) is 0 Å². The van der Waals surface area contributed by atoms with Crippen molar-refractivity contribution in [3.05, 3.63) is 10.6 Å². The highest BCUT2D eigenvalue weighted by Gasteiger charge is 2.46. The molecule has 1 atom stereocenters. The van der Waals surface area contributed by atoms with E-state index in [2.05, 4.69) is 63.5 Å². The minimum atomic E-state index is -1.90. The van der Waals surface area contributed by atoms with Gasteiger partial charge in [-0.2, -0.15) is 0 Å². The number of thiocarbonyl (C=S) groups is 1. The fourth-order valence-electron chi connectivity index (χ4n) is 3.26. The van der Waals surface area contributed by atoms with Crippen LogP contribution in [0, 0.1) is 0 Å². The molecular weight excluding hydrogens is 350 g/mol. The van der Waals surface area contributed by atoms with Gasteiger partial charge in [-0.15, -0.1) is 0 Å². The van der Waals surface area contributed by atoms with Gasteiger partial charge in [0.2, 0.25) is 8.32 Å². The van der Waals surface area contributed by atoms with Crippen molar-refractivity contribution in [2.45, 2.75) is 77.6 Å². The Morgan fingerprint density at radius 2 is 1.55 bits per heavy atom. The SMILES string of the molecule is CC(Br)=C[C@@H](CC(N)=S)O[Si](C(C)C)(C(C)C)C(C)C. The van der Waals surface area contributed by atoms with Crippen molar-refractivity contribution in [2.75, 3.05) is 0 Å². The van der Waals surface area contributed by atoms with Crippen LogP contribution in [0.15, 0.2) is 10.6 Å². The predicted octanol–water partition coefficient (Wildman–Crippen LogP) is 5.52. The summed E-state index contributed by atoms with van der Waals surface area (Å²) in [7, 11) is -1.90. The summed E-state index contributed by atoms with van der Waals surface area (Å²) in [6.07, 6.45) is 2.68. The van der Waals surface area contributed by atoms with Crippen molar-refractivity contribution in [1.82, 2.24) is 0 Å². The average Bonchev–Trinajstić information content (AvgIpc) is 2.21. The number of halogens is 1. The van der Waals surface area contributed by atoms with Crippen LogP contribution in [0.25, 0.3) is 0 Å².